The fourth-order valence-electron chi connectivity index (χ4n) is 4.37. The summed E-state index contributed by atoms with van der Waals surface area (Å²) in [5, 5.41) is 15.0. The van der Waals surface area contributed by atoms with E-state index in [1.807, 2.05) is 6.92 Å². The van der Waals surface area contributed by atoms with Crippen LogP contribution in [0.15, 0.2) is 34.9 Å². The highest BCUT2D eigenvalue weighted by Gasteiger charge is 2.33. The molecule has 1 saturated carbocycles. The Kier molecular flexibility index (Phi) is 7.85. The Morgan fingerprint density at radius 3 is 2.50 bits per heavy atom. The molecule has 0 saturated heterocycles. The van der Waals surface area contributed by atoms with Crippen LogP contribution in [0.3, 0.4) is 0 Å². The quantitative estimate of drug-likeness (QED) is 0.438. The van der Waals surface area contributed by atoms with Crippen molar-refractivity contribution in [1.29, 1.82) is 0 Å². The van der Waals surface area contributed by atoms with Crippen molar-refractivity contribution < 1.29 is 23.9 Å². The fourth-order valence-corrected chi connectivity index (χ4v) is 4.48. The second-order valence-electron chi connectivity index (χ2n) is 8.94. The van der Waals surface area contributed by atoms with Crippen molar-refractivity contribution in [2.45, 2.75) is 32.6 Å². The van der Waals surface area contributed by atoms with Crippen LogP contribution < -0.4 is 10.6 Å². The van der Waals surface area contributed by atoms with Gasteiger partial charge in [0.05, 0.1) is 11.6 Å². The number of nitrogens with zero attached hydrogens (tertiary/aromatic N) is 3. The maximum atomic E-state index is 13.2. The van der Waals surface area contributed by atoms with Gasteiger partial charge in [0.15, 0.2) is 5.58 Å². The Morgan fingerprint density at radius 2 is 1.83 bits per heavy atom. The van der Waals surface area contributed by atoms with E-state index in [0.717, 1.165) is 0 Å². The van der Waals surface area contributed by atoms with Crippen LogP contribution >= 0.6 is 11.6 Å². The number of likely N-dealkylation sites (N-methyl/N-ethyl adjacent to an activating group) is 1. The van der Waals surface area contributed by atoms with Crippen LogP contribution in [0.2, 0.25) is 5.02 Å². The lowest BCUT2D eigenvalue weighted by Gasteiger charge is -2.29. The first-order valence-electron chi connectivity index (χ1n) is 11.8. The molecule has 4 rings (SSSR count). The van der Waals surface area contributed by atoms with Gasteiger partial charge in [-0.3, -0.25) is 14.4 Å². The minimum Gasteiger partial charge on any atom is -0.447 e. The number of furan rings is 1. The summed E-state index contributed by atoms with van der Waals surface area (Å²) in [5.41, 5.74) is 1.65. The van der Waals surface area contributed by atoms with Crippen molar-refractivity contribution >= 4 is 51.9 Å². The maximum Gasteiger partial charge on any atom is 0.294 e. The number of hydrogen-bond acceptors (Lipinski definition) is 7. The van der Waals surface area contributed by atoms with Crippen molar-refractivity contribution in [2.24, 2.45) is 11.8 Å². The summed E-state index contributed by atoms with van der Waals surface area (Å²) in [6.07, 6.45) is 3.63. The van der Waals surface area contributed by atoms with Gasteiger partial charge >= 0.3 is 0 Å². The molecule has 3 N–H and O–H groups in total. The molecule has 3 aromatic rings. The third-order valence-corrected chi connectivity index (χ3v) is 6.58. The molecule has 1 fully saturated rings. The predicted molar refractivity (Wildman–Crippen MR) is 135 cm³/mol. The number of halogens is 1. The number of aryl methyl sites for hydroxylation is 1. The van der Waals surface area contributed by atoms with Crippen molar-refractivity contribution in [3.8, 4) is 0 Å². The highest BCUT2D eigenvalue weighted by atomic mass is 35.5. The van der Waals surface area contributed by atoms with E-state index >= 15 is 0 Å². The lowest BCUT2D eigenvalue weighted by atomic mass is 9.81. The molecule has 3 amide bonds. The summed E-state index contributed by atoms with van der Waals surface area (Å²) in [5.74, 6) is -1.15. The van der Waals surface area contributed by atoms with Crippen LogP contribution in [0.25, 0.3) is 11.1 Å². The molecule has 0 unspecified atom stereocenters. The molecule has 190 valence electrons. The van der Waals surface area contributed by atoms with Crippen LogP contribution in [0.1, 0.15) is 41.9 Å². The Bertz CT molecular complexity index is 1270. The van der Waals surface area contributed by atoms with Gasteiger partial charge in [-0.15, -0.1) is 0 Å². The number of pyridine rings is 2. The molecule has 0 bridgehead atoms. The van der Waals surface area contributed by atoms with E-state index in [-0.39, 0.29) is 54.1 Å². The second kappa shape index (κ2) is 11.0. The van der Waals surface area contributed by atoms with Gasteiger partial charge < -0.3 is 25.1 Å². The smallest absolute Gasteiger partial charge is 0.294 e. The number of rotatable bonds is 7. The topological polar surface area (TPSA) is 138 Å². The molecule has 11 heteroatoms. The average Bonchev–Trinajstić information content (AvgIpc) is 3.22. The van der Waals surface area contributed by atoms with E-state index in [2.05, 4.69) is 20.6 Å². The molecule has 10 nitrogen and oxygen atoms in total. The molecular formula is C25H28ClN5O5. The number of fused-ring (bicyclic) bond motifs is 1. The standard InChI is InChI=1S/C25H28ClN5O5/c1-14-3-9-18-20(28-14)21(22(36-18)24(34)29-19-10-8-17(26)13-27-19)30-23(33)15-4-6-16(7-5-15)25(35)31(2)11-12-32/h3,8-10,13,15-16,32H,4-7,11-12H2,1-2H3,(H,30,33)(H,27,29,34)/t15-,16-. The summed E-state index contributed by atoms with van der Waals surface area (Å²) in [4.78, 5) is 48.9. The van der Waals surface area contributed by atoms with E-state index in [4.69, 9.17) is 21.1 Å². The number of aliphatic hydroxyl groups excluding tert-OH is 1. The van der Waals surface area contributed by atoms with Gasteiger partial charge in [0.25, 0.3) is 5.91 Å². The molecule has 0 radical (unpaired) electrons. The minimum atomic E-state index is -0.586. The molecule has 0 aromatic carbocycles. The van der Waals surface area contributed by atoms with Gasteiger partial charge in [-0.2, -0.15) is 0 Å². The fraction of sp³-hybridized carbons (Fsp3) is 0.400. The van der Waals surface area contributed by atoms with Crippen molar-refractivity contribution in [2.75, 3.05) is 30.8 Å². The molecular weight excluding hydrogens is 486 g/mol. The summed E-state index contributed by atoms with van der Waals surface area (Å²) < 4.78 is 5.78. The Morgan fingerprint density at radius 1 is 1.11 bits per heavy atom. The molecule has 0 aliphatic heterocycles. The Hall–Kier alpha value is -3.50. The first kappa shape index (κ1) is 25.6. The first-order chi connectivity index (χ1) is 17.3. The van der Waals surface area contributed by atoms with Gasteiger partial charge in [0.2, 0.25) is 17.6 Å². The number of carbonyl (C=O) groups excluding carboxylic acids is 3. The number of hydrogen-bond donors (Lipinski definition) is 3. The number of anilines is 2. The van der Waals surface area contributed by atoms with Crippen LogP contribution in [-0.4, -0.2) is 57.9 Å². The molecule has 1 aliphatic rings. The number of aliphatic hydroxyl groups is 1. The van der Waals surface area contributed by atoms with E-state index < -0.39 is 5.91 Å². The van der Waals surface area contributed by atoms with Crippen LogP contribution in [0.5, 0.6) is 0 Å². The normalized spacial score (nSPS) is 17.6. The average molecular weight is 514 g/mol. The number of amides is 3. The van der Waals surface area contributed by atoms with Gasteiger partial charge in [0.1, 0.15) is 17.0 Å². The highest BCUT2D eigenvalue weighted by Crippen LogP contribution is 2.34. The van der Waals surface area contributed by atoms with Crippen molar-refractivity contribution in [1.82, 2.24) is 14.9 Å². The second-order valence-corrected chi connectivity index (χ2v) is 9.38. The third-order valence-electron chi connectivity index (χ3n) is 6.36. The van der Waals surface area contributed by atoms with E-state index in [0.29, 0.717) is 47.5 Å². The lowest BCUT2D eigenvalue weighted by molar-refractivity contribution is -0.137. The molecule has 36 heavy (non-hydrogen) atoms. The number of nitrogens with one attached hydrogen (secondary N) is 2. The highest BCUT2D eigenvalue weighted by molar-refractivity contribution is 6.30. The summed E-state index contributed by atoms with van der Waals surface area (Å²) in [6, 6.07) is 6.61. The molecule has 0 atom stereocenters. The van der Waals surface area contributed by atoms with E-state index in [1.165, 1.54) is 11.1 Å². The SMILES string of the molecule is Cc1ccc2oc(C(=O)Nc3ccc(Cl)cn3)c(NC(=O)[C@H]3CC[C@H](C(=O)N(C)CCO)CC3)c2n1. The lowest BCUT2D eigenvalue weighted by Crippen LogP contribution is -2.38. The maximum absolute atomic E-state index is 13.2. The Balaban J connectivity index is 1.51. The van der Waals surface area contributed by atoms with Crippen molar-refractivity contribution in [3.05, 3.63) is 46.9 Å². The van der Waals surface area contributed by atoms with Gasteiger partial charge in [-0.05, 0) is 56.9 Å². The van der Waals surface area contributed by atoms with Gasteiger partial charge in [-0.1, -0.05) is 11.6 Å². The first-order valence-corrected chi connectivity index (χ1v) is 12.1. The summed E-state index contributed by atoms with van der Waals surface area (Å²) in [6.45, 7) is 2.01. The summed E-state index contributed by atoms with van der Waals surface area (Å²) >= 11 is 5.86. The monoisotopic (exact) mass is 513 g/mol. The predicted octanol–water partition coefficient (Wildman–Crippen LogP) is 3.63. The molecule has 1 aliphatic carbocycles. The van der Waals surface area contributed by atoms with E-state index in [9.17, 15) is 14.4 Å². The minimum absolute atomic E-state index is 0.0156. The zero-order valence-electron chi connectivity index (χ0n) is 20.1. The van der Waals surface area contributed by atoms with E-state index in [1.54, 1.807) is 31.3 Å². The molecule has 3 aromatic heterocycles. The molecule has 3 heterocycles. The van der Waals surface area contributed by atoms with Crippen LogP contribution in [0.4, 0.5) is 11.5 Å². The van der Waals surface area contributed by atoms with Crippen LogP contribution in [-0.2, 0) is 9.59 Å². The number of carbonyl (C=O) groups is 3. The summed E-state index contributed by atoms with van der Waals surface area (Å²) in [7, 11) is 1.67. The number of aromatic nitrogens is 2. The third kappa shape index (κ3) is 5.66. The van der Waals surface area contributed by atoms with Crippen molar-refractivity contribution in [3.63, 3.8) is 0 Å². The largest absolute Gasteiger partial charge is 0.447 e. The Labute approximate surface area is 213 Å². The van der Waals surface area contributed by atoms with Gasteiger partial charge in [-0.25, -0.2) is 9.97 Å². The van der Waals surface area contributed by atoms with Gasteiger partial charge in [0, 0.05) is 37.3 Å². The zero-order valence-corrected chi connectivity index (χ0v) is 20.8. The zero-order chi connectivity index (χ0) is 25.8. The molecule has 0 spiro atoms. The van der Waals surface area contributed by atoms with Crippen LogP contribution in [0, 0.1) is 18.8 Å².